The molecule has 1 rings (SSSR count). The van der Waals surface area contributed by atoms with E-state index in [0.29, 0.717) is 0 Å². The molecule has 0 amide bonds. The lowest BCUT2D eigenvalue weighted by Gasteiger charge is -2.42. The number of halogens is 3. The Kier molecular flexibility index (Phi) is 3.39. The third-order valence-electron chi connectivity index (χ3n) is 3.51. The zero-order valence-electron chi connectivity index (χ0n) is 9.67. The topological polar surface area (TPSA) is 12.0 Å². The summed E-state index contributed by atoms with van der Waals surface area (Å²) in [5.74, 6) is 0. The van der Waals surface area contributed by atoms with E-state index in [1.54, 1.807) is 0 Å². The highest BCUT2D eigenvalue weighted by atomic mass is 19.4. The van der Waals surface area contributed by atoms with Crippen LogP contribution in [0.2, 0.25) is 0 Å². The van der Waals surface area contributed by atoms with Crippen LogP contribution in [0.15, 0.2) is 0 Å². The van der Waals surface area contributed by atoms with E-state index in [1.165, 1.54) is 0 Å². The molecule has 0 radical (unpaired) electrons. The van der Waals surface area contributed by atoms with Gasteiger partial charge in [0, 0.05) is 12.0 Å². The molecule has 0 aliphatic carbocycles. The molecule has 1 atom stereocenters. The molecule has 0 aromatic rings. The van der Waals surface area contributed by atoms with Gasteiger partial charge >= 0.3 is 6.18 Å². The Hall–Kier alpha value is -0.250. The van der Waals surface area contributed by atoms with Gasteiger partial charge in [-0.1, -0.05) is 20.8 Å². The first-order chi connectivity index (χ1) is 6.66. The number of hydrogen-bond donors (Lipinski definition) is 1. The maximum absolute atomic E-state index is 12.2. The first-order valence-corrected chi connectivity index (χ1v) is 5.48. The molecule has 0 aromatic heterocycles. The molecule has 15 heavy (non-hydrogen) atoms. The minimum absolute atomic E-state index is 0.116. The van der Waals surface area contributed by atoms with Crippen LogP contribution in [0.3, 0.4) is 0 Å². The molecular weight excluding hydrogens is 203 g/mol. The van der Waals surface area contributed by atoms with E-state index in [4.69, 9.17) is 0 Å². The van der Waals surface area contributed by atoms with E-state index in [-0.39, 0.29) is 17.4 Å². The van der Waals surface area contributed by atoms with Crippen LogP contribution in [-0.4, -0.2) is 18.3 Å². The van der Waals surface area contributed by atoms with E-state index >= 15 is 0 Å². The van der Waals surface area contributed by atoms with Crippen LogP contribution in [0, 0.1) is 5.41 Å². The summed E-state index contributed by atoms with van der Waals surface area (Å²) in [4.78, 5) is 0. The first kappa shape index (κ1) is 12.8. The molecule has 0 bridgehead atoms. The largest absolute Gasteiger partial charge is 0.389 e. The molecule has 1 N–H and O–H groups in total. The predicted molar refractivity (Wildman–Crippen MR) is 54.7 cm³/mol. The van der Waals surface area contributed by atoms with Gasteiger partial charge in [-0.05, 0) is 31.2 Å². The van der Waals surface area contributed by atoms with Crippen molar-refractivity contribution in [2.24, 2.45) is 5.41 Å². The van der Waals surface area contributed by atoms with Crippen LogP contribution in [0.1, 0.15) is 46.5 Å². The van der Waals surface area contributed by atoms with E-state index in [9.17, 15) is 13.2 Å². The zero-order chi connectivity index (χ0) is 11.7. The fourth-order valence-electron chi connectivity index (χ4n) is 2.39. The van der Waals surface area contributed by atoms with Crippen LogP contribution in [0.25, 0.3) is 0 Å². The second-order valence-corrected chi connectivity index (χ2v) is 5.48. The Balaban J connectivity index is 2.67. The minimum Gasteiger partial charge on any atom is -0.311 e. The molecule has 1 unspecified atom stereocenters. The summed E-state index contributed by atoms with van der Waals surface area (Å²) < 4.78 is 36.7. The lowest BCUT2D eigenvalue weighted by atomic mass is 9.70. The highest BCUT2D eigenvalue weighted by molar-refractivity contribution is 5.01. The van der Waals surface area contributed by atoms with Gasteiger partial charge in [0.25, 0.3) is 0 Å². The first-order valence-electron chi connectivity index (χ1n) is 5.48. The van der Waals surface area contributed by atoms with Crippen molar-refractivity contribution in [1.29, 1.82) is 0 Å². The average Bonchev–Trinajstić information content (AvgIpc) is 2.46. The van der Waals surface area contributed by atoms with Crippen LogP contribution < -0.4 is 5.32 Å². The smallest absolute Gasteiger partial charge is 0.311 e. The SMILES string of the molecule is CC(C)(C)C1(CCC(F)(F)F)CCCN1. The maximum atomic E-state index is 12.2. The summed E-state index contributed by atoms with van der Waals surface area (Å²) in [5.41, 5.74) is -0.447. The molecule has 1 aliphatic rings. The Morgan fingerprint density at radius 2 is 1.80 bits per heavy atom. The van der Waals surface area contributed by atoms with Crippen molar-refractivity contribution >= 4 is 0 Å². The molecule has 1 nitrogen and oxygen atoms in total. The van der Waals surface area contributed by atoms with Gasteiger partial charge in [-0.15, -0.1) is 0 Å². The number of nitrogens with one attached hydrogen (secondary N) is 1. The highest BCUT2D eigenvalue weighted by Crippen LogP contribution is 2.42. The molecule has 90 valence electrons. The third-order valence-corrected chi connectivity index (χ3v) is 3.51. The number of hydrogen-bond acceptors (Lipinski definition) is 1. The summed E-state index contributed by atoms with van der Waals surface area (Å²) in [5, 5.41) is 3.28. The normalized spacial score (nSPS) is 28.4. The van der Waals surface area contributed by atoms with E-state index in [0.717, 1.165) is 19.4 Å². The Morgan fingerprint density at radius 3 is 2.13 bits per heavy atom. The highest BCUT2D eigenvalue weighted by Gasteiger charge is 2.45. The molecule has 0 spiro atoms. The van der Waals surface area contributed by atoms with Crippen molar-refractivity contribution in [1.82, 2.24) is 5.32 Å². The molecule has 4 heteroatoms. The van der Waals surface area contributed by atoms with Gasteiger partial charge in [-0.2, -0.15) is 13.2 Å². The van der Waals surface area contributed by atoms with Gasteiger partial charge in [0.2, 0.25) is 0 Å². The van der Waals surface area contributed by atoms with Gasteiger partial charge in [0.15, 0.2) is 0 Å². The van der Waals surface area contributed by atoms with Crippen molar-refractivity contribution in [3.63, 3.8) is 0 Å². The average molecular weight is 223 g/mol. The molecule has 1 aliphatic heterocycles. The van der Waals surface area contributed by atoms with E-state index in [2.05, 4.69) is 5.32 Å². The van der Waals surface area contributed by atoms with Crippen LogP contribution >= 0.6 is 0 Å². The standard InChI is InChI=1S/C11H20F3N/c1-9(2,3)10(5-4-8-15-10)6-7-11(12,13)14/h15H,4-8H2,1-3H3. The number of rotatable bonds is 2. The zero-order valence-corrected chi connectivity index (χ0v) is 9.67. The summed E-state index contributed by atoms with van der Waals surface area (Å²) in [6.07, 6.45) is -2.69. The Labute approximate surface area is 89.4 Å². The molecule has 1 heterocycles. The summed E-state index contributed by atoms with van der Waals surface area (Å²) in [7, 11) is 0. The van der Waals surface area contributed by atoms with Gasteiger partial charge in [-0.25, -0.2) is 0 Å². The van der Waals surface area contributed by atoms with Gasteiger partial charge in [0.05, 0.1) is 0 Å². The van der Waals surface area contributed by atoms with Crippen molar-refractivity contribution in [3.05, 3.63) is 0 Å². The fraction of sp³-hybridized carbons (Fsp3) is 1.00. The molecule has 1 saturated heterocycles. The van der Waals surface area contributed by atoms with Crippen molar-refractivity contribution in [2.45, 2.75) is 58.2 Å². The van der Waals surface area contributed by atoms with Gasteiger partial charge < -0.3 is 5.32 Å². The van der Waals surface area contributed by atoms with Gasteiger partial charge in [0.1, 0.15) is 0 Å². The second-order valence-electron chi connectivity index (χ2n) is 5.48. The van der Waals surface area contributed by atoms with Crippen molar-refractivity contribution in [2.75, 3.05) is 6.54 Å². The van der Waals surface area contributed by atoms with Crippen molar-refractivity contribution < 1.29 is 13.2 Å². The second kappa shape index (κ2) is 3.96. The minimum atomic E-state index is -4.04. The Morgan fingerprint density at radius 1 is 1.20 bits per heavy atom. The lowest BCUT2D eigenvalue weighted by molar-refractivity contribution is -0.141. The Bertz CT molecular complexity index is 209. The maximum Gasteiger partial charge on any atom is 0.389 e. The molecule has 0 saturated carbocycles. The van der Waals surface area contributed by atoms with Crippen LogP contribution in [0.5, 0.6) is 0 Å². The predicted octanol–water partition coefficient (Wildman–Crippen LogP) is 3.50. The molecular formula is C11H20F3N. The lowest BCUT2D eigenvalue weighted by Crippen LogP contribution is -2.51. The summed E-state index contributed by atoms with van der Waals surface area (Å²) in [6.45, 7) is 6.89. The quantitative estimate of drug-likeness (QED) is 0.755. The van der Waals surface area contributed by atoms with Gasteiger partial charge in [-0.3, -0.25) is 0 Å². The molecule has 1 fully saturated rings. The van der Waals surface area contributed by atoms with E-state index < -0.39 is 12.6 Å². The van der Waals surface area contributed by atoms with Crippen molar-refractivity contribution in [3.8, 4) is 0 Å². The fourth-order valence-corrected chi connectivity index (χ4v) is 2.39. The summed E-state index contributed by atoms with van der Waals surface area (Å²) in [6, 6.07) is 0. The number of alkyl halides is 3. The van der Waals surface area contributed by atoms with E-state index in [1.807, 2.05) is 20.8 Å². The van der Waals surface area contributed by atoms with Crippen LogP contribution in [0.4, 0.5) is 13.2 Å². The molecule has 0 aromatic carbocycles. The summed E-state index contributed by atoms with van der Waals surface area (Å²) >= 11 is 0. The monoisotopic (exact) mass is 223 g/mol. The third kappa shape index (κ3) is 3.10. The van der Waals surface area contributed by atoms with Crippen LogP contribution in [-0.2, 0) is 0 Å².